The zero-order valence-corrected chi connectivity index (χ0v) is 10.9. The van der Waals surface area contributed by atoms with Gasteiger partial charge in [0.1, 0.15) is 0 Å². The van der Waals surface area contributed by atoms with E-state index in [1.54, 1.807) is 24.0 Å². The second-order valence-electron chi connectivity index (χ2n) is 5.02. The van der Waals surface area contributed by atoms with Crippen LogP contribution in [0.1, 0.15) is 36.7 Å². The maximum absolute atomic E-state index is 11.8. The van der Waals surface area contributed by atoms with Crippen molar-refractivity contribution in [2.75, 3.05) is 4.90 Å². The molecule has 1 aromatic rings. The van der Waals surface area contributed by atoms with Gasteiger partial charge in [-0.3, -0.25) is 9.59 Å². The fraction of sp³-hybridized carbons (Fsp3) is 0.429. The van der Waals surface area contributed by atoms with E-state index in [-0.39, 0.29) is 11.9 Å². The number of carbonyl (C=O) groups excluding carboxylic acids is 2. The molecule has 1 aromatic carbocycles. The number of nitrogens with two attached hydrogens (primary N) is 1. The summed E-state index contributed by atoms with van der Waals surface area (Å²) in [5.74, 6) is -0.0369. The van der Waals surface area contributed by atoms with Crippen LogP contribution in [0.2, 0.25) is 0 Å². The highest BCUT2D eigenvalue weighted by Gasteiger charge is 2.31. The van der Waals surface area contributed by atoms with Crippen LogP contribution in [-0.4, -0.2) is 17.9 Å². The van der Waals surface area contributed by atoms with Crippen molar-refractivity contribution < 1.29 is 9.59 Å². The predicted molar refractivity (Wildman–Crippen MR) is 70.4 cm³/mol. The Morgan fingerprint density at radius 3 is 2.56 bits per heavy atom. The average molecular weight is 246 g/mol. The molecule has 0 radical (unpaired) electrons. The summed E-state index contributed by atoms with van der Waals surface area (Å²) in [6, 6.07) is 5.48. The van der Waals surface area contributed by atoms with E-state index in [9.17, 15) is 9.59 Å². The van der Waals surface area contributed by atoms with Crippen molar-refractivity contribution in [3.63, 3.8) is 0 Å². The van der Waals surface area contributed by atoms with Crippen molar-refractivity contribution in [3.8, 4) is 0 Å². The van der Waals surface area contributed by atoms with Crippen molar-refractivity contribution in [1.82, 2.24) is 0 Å². The van der Waals surface area contributed by atoms with Gasteiger partial charge in [-0.2, -0.15) is 0 Å². The third-order valence-corrected chi connectivity index (χ3v) is 3.74. The van der Waals surface area contributed by atoms with Gasteiger partial charge in [0.25, 0.3) is 0 Å². The fourth-order valence-electron chi connectivity index (χ4n) is 2.58. The first-order chi connectivity index (χ1) is 8.41. The van der Waals surface area contributed by atoms with E-state index in [2.05, 4.69) is 13.8 Å². The quantitative estimate of drug-likeness (QED) is 0.820. The summed E-state index contributed by atoms with van der Waals surface area (Å²) in [5.41, 5.74) is 7.70. The molecule has 0 fully saturated rings. The first kappa shape index (κ1) is 12.6. The highest BCUT2D eigenvalue weighted by Crippen LogP contribution is 2.34. The fourth-order valence-corrected chi connectivity index (χ4v) is 2.58. The van der Waals surface area contributed by atoms with Crippen LogP contribution in [0.25, 0.3) is 0 Å². The van der Waals surface area contributed by atoms with E-state index < -0.39 is 5.91 Å². The van der Waals surface area contributed by atoms with Gasteiger partial charge in [-0.05, 0) is 43.0 Å². The molecule has 0 bridgehead atoms. The van der Waals surface area contributed by atoms with E-state index in [1.165, 1.54) is 0 Å². The van der Waals surface area contributed by atoms with Gasteiger partial charge in [-0.25, -0.2) is 0 Å². The molecule has 0 aromatic heterocycles. The monoisotopic (exact) mass is 246 g/mol. The molecule has 1 aliphatic rings. The number of hydrogen-bond acceptors (Lipinski definition) is 2. The molecule has 1 heterocycles. The largest absolute Gasteiger partial charge is 0.366 e. The summed E-state index contributed by atoms with van der Waals surface area (Å²) in [6.45, 7) is 5.73. The molecule has 0 saturated heterocycles. The number of amides is 2. The lowest BCUT2D eigenvalue weighted by atomic mass is 9.87. The lowest BCUT2D eigenvalue weighted by Crippen LogP contribution is -2.45. The third-order valence-electron chi connectivity index (χ3n) is 3.74. The maximum Gasteiger partial charge on any atom is 0.248 e. The highest BCUT2D eigenvalue weighted by atomic mass is 16.2. The summed E-state index contributed by atoms with van der Waals surface area (Å²) >= 11 is 0. The summed E-state index contributed by atoms with van der Waals surface area (Å²) in [5, 5.41) is 0. The molecule has 4 nitrogen and oxygen atoms in total. The number of anilines is 1. The van der Waals surface area contributed by atoms with E-state index in [0.717, 1.165) is 17.7 Å². The molecule has 2 N–H and O–H groups in total. The number of nitrogens with zero attached hydrogens (tertiary/aromatic N) is 1. The predicted octanol–water partition coefficient (Wildman–Crippen LogP) is 1.72. The van der Waals surface area contributed by atoms with Gasteiger partial charge < -0.3 is 10.6 Å². The molecule has 18 heavy (non-hydrogen) atoms. The number of fused-ring (bicyclic) bond motifs is 1. The Kier molecular flexibility index (Phi) is 3.11. The van der Waals surface area contributed by atoms with Crippen molar-refractivity contribution in [3.05, 3.63) is 29.3 Å². The molecule has 0 spiro atoms. The van der Waals surface area contributed by atoms with Crippen molar-refractivity contribution in [2.24, 2.45) is 11.7 Å². The van der Waals surface area contributed by atoms with Crippen LogP contribution in [0.5, 0.6) is 0 Å². The second-order valence-corrected chi connectivity index (χ2v) is 5.02. The standard InChI is InChI=1S/C14H18N2O2/c1-8-6-12-7-11(14(15)18)4-5-13(12)16(9(8)2)10(3)17/h4-5,7-9H,6H2,1-3H3,(H2,15,18)/t8?,9-/m0/s1. The molecule has 2 atom stereocenters. The van der Waals surface area contributed by atoms with Crippen LogP contribution in [0.3, 0.4) is 0 Å². The van der Waals surface area contributed by atoms with E-state index >= 15 is 0 Å². The number of hydrogen-bond donors (Lipinski definition) is 1. The first-order valence-corrected chi connectivity index (χ1v) is 6.14. The number of carbonyl (C=O) groups is 2. The van der Waals surface area contributed by atoms with Gasteiger partial charge in [0.05, 0.1) is 0 Å². The van der Waals surface area contributed by atoms with Crippen molar-refractivity contribution >= 4 is 17.5 Å². The van der Waals surface area contributed by atoms with Gasteiger partial charge in [-0.1, -0.05) is 6.92 Å². The van der Waals surface area contributed by atoms with E-state index in [0.29, 0.717) is 11.5 Å². The van der Waals surface area contributed by atoms with Crippen molar-refractivity contribution in [2.45, 2.75) is 33.2 Å². The SMILES string of the molecule is CC(=O)N1c2ccc(C(N)=O)cc2CC(C)[C@@H]1C. The van der Waals surface area contributed by atoms with Gasteiger partial charge in [0.15, 0.2) is 0 Å². The Labute approximate surface area is 107 Å². The number of benzene rings is 1. The minimum absolute atomic E-state index is 0.0297. The zero-order valence-electron chi connectivity index (χ0n) is 10.9. The summed E-state index contributed by atoms with van der Waals surface area (Å²) in [6.07, 6.45) is 0.862. The summed E-state index contributed by atoms with van der Waals surface area (Å²) in [7, 11) is 0. The smallest absolute Gasteiger partial charge is 0.248 e. The molecule has 1 unspecified atom stereocenters. The minimum Gasteiger partial charge on any atom is -0.366 e. The average Bonchev–Trinajstić information content (AvgIpc) is 2.29. The van der Waals surface area contributed by atoms with Gasteiger partial charge >= 0.3 is 0 Å². The Hall–Kier alpha value is -1.84. The first-order valence-electron chi connectivity index (χ1n) is 6.14. The molecular formula is C14H18N2O2. The van der Waals surface area contributed by atoms with Gasteiger partial charge in [-0.15, -0.1) is 0 Å². The molecule has 0 saturated carbocycles. The van der Waals surface area contributed by atoms with E-state index in [1.807, 2.05) is 6.07 Å². The zero-order chi connectivity index (χ0) is 13.4. The molecule has 96 valence electrons. The molecular weight excluding hydrogens is 228 g/mol. The molecule has 2 rings (SSSR count). The molecule has 4 heteroatoms. The Morgan fingerprint density at radius 1 is 1.33 bits per heavy atom. The highest BCUT2D eigenvalue weighted by molar-refractivity contribution is 5.96. The van der Waals surface area contributed by atoms with Crippen LogP contribution < -0.4 is 10.6 Å². The van der Waals surface area contributed by atoms with Crippen LogP contribution in [0.15, 0.2) is 18.2 Å². The number of rotatable bonds is 1. The lowest BCUT2D eigenvalue weighted by Gasteiger charge is -2.39. The van der Waals surface area contributed by atoms with Crippen molar-refractivity contribution in [1.29, 1.82) is 0 Å². The summed E-state index contributed by atoms with van der Waals surface area (Å²) < 4.78 is 0. The lowest BCUT2D eigenvalue weighted by molar-refractivity contribution is -0.117. The minimum atomic E-state index is -0.432. The van der Waals surface area contributed by atoms with Crippen LogP contribution in [0.4, 0.5) is 5.69 Å². The summed E-state index contributed by atoms with van der Waals surface area (Å²) in [4.78, 5) is 24.8. The van der Waals surface area contributed by atoms with Crippen LogP contribution in [0, 0.1) is 5.92 Å². The molecule has 1 aliphatic heterocycles. The van der Waals surface area contributed by atoms with Gasteiger partial charge in [0.2, 0.25) is 11.8 Å². The van der Waals surface area contributed by atoms with E-state index in [4.69, 9.17) is 5.73 Å². The Bertz CT molecular complexity index is 511. The molecule has 2 amide bonds. The van der Waals surface area contributed by atoms with Gasteiger partial charge in [0, 0.05) is 24.2 Å². The third kappa shape index (κ3) is 1.98. The Balaban J connectivity index is 2.52. The number of primary amides is 1. The van der Waals surface area contributed by atoms with Crippen LogP contribution >= 0.6 is 0 Å². The van der Waals surface area contributed by atoms with Crippen LogP contribution in [-0.2, 0) is 11.2 Å². The molecule has 0 aliphatic carbocycles. The Morgan fingerprint density at radius 2 is 2.00 bits per heavy atom. The second kappa shape index (κ2) is 4.44. The topological polar surface area (TPSA) is 63.4 Å². The maximum atomic E-state index is 11.8. The normalized spacial score (nSPS) is 22.5.